The number of nitrogens with zero attached hydrogens (tertiary/aromatic N) is 1. The van der Waals surface area contributed by atoms with Crippen molar-refractivity contribution in [2.75, 3.05) is 13.7 Å². The number of ether oxygens (including phenoxy) is 1. The molecule has 0 aliphatic heterocycles. The van der Waals surface area contributed by atoms with Crippen LogP contribution in [0.15, 0.2) is 23.4 Å². The van der Waals surface area contributed by atoms with Gasteiger partial charge < -0.3 is 20.6 Å². The first-order valence-electron chi connectivity index (χ1n) is 6.72. The van der Waals surface area contributed by atoms with Gasteiger partial charge in [0.2, 0.25) is 0 Å². The SMILES string of the molecule is COc1ccc2nc(SC3CCC(N)(CO)C3)[nH]c2c1. The highest BCUT2D eigenvalue weighted by molar-refractivity contribution is 7.99. The monoisotopic (exact) mass is 293 g/mol. The van der Waals surface area contributed by atoms with Crippen molar-refractivity contribution in [1.29, 1.82) is 0 Å². The molecule has 0 saturated heterocycles. The Morgan fingerprint density at radius 3 is 3.15 bits per heavy atom. The number of nitrogens with two attached hydrogens (primary N) is 1. The Labute approximate surface area is 121 Å². The van der Waals surface area contributed by atoms with Gasteiger partial charge in [0.1, 0.15) is 5.75 Å². The molecule has 6 heteroatoms. The van der Waals surface area contributed by atoms with Crippen LogP contribution in [0.25, 0.3) is 11.0 Å². The van der Waals surface area contributed by atoms with Gasteiger partial charge in [-0.25, -0.2) is 4.98 Å². The maximum Gasteiger partial charge on any atom is 0.166 e. The predicted molar refractivity (Wildman–Crippen MR) is 80.1 cm³/mol. The summed E-state index contributed by atoms with van der Waals surface area (Å²) in [4.78, 5) is 7.88. The minimum Gasteiger partial charge on any atom is -0.497 e. The average molecular weight is 293 g/mol. The largest absolute Gasteiger partial charge is 0.497 e. The summed E-state index contributed by atoms with van der Waals surface area (Å²) in [6.07, 6.45) is 2.71. The lowest BCUT2D eigenvalue weighted by Gasteiger charge is -2.20. The zero-order chi connectivity index (χ0) is 14.2. The fourth-order valence-corrected chi connectivity index (χ4v) is 3.94. The zero-order valence-electron chi connectivity index (χ0n) is 11.4. The Morgan fingerprint density at radius 1 is 1.60 bits per heavy atom. The number of aromatic nitrogens is 2. The minimum atomic E-state index is -0.410. The molecule has 0 amide bonds. The van der Waals surface area contributed by atoms with E-state index in [1.807, 2.05) is 18.2 Å². The van der Waals surface area contributed by atoms with E-state index in [1.165, 1.54) is 0 Å². The van der Waals surface area contributed by atoms with Gasteiger partial charge in [-0.3, -0.25) is 0 Å². The zero-order valence-corrected chi connectivity index (χ0v) is 12.2. The van der Waals surface area contributed by atoms with Crippen molar-refractivity contribution in [2.45, 2.75) is 35.2 Å². The highest BCUT2D eigenvalue weighted by Crippen LogP contribution is 2.38. The van der Waals surface area contributed by atoms with Gasteiger partial charge in [0, 0.05) is 16.9 Å². The molecule has 108 valence electrons. The van der Waals surface area contributed by atoms with Crippen LogP contribution in [0.2, 0.25) is 0 Å². The van der Waals surface area contributed by atoms with Crippen molar-refractivity contribution >= 4 is 22.8 Å². The van der Waals surface area contributed by atoms with Crippen molar-refractivity contribution in [1.82, 2.24) is 9.97 Å². The third-order valence-corrected chi connectivity index (χ3v) is 5.01. The fraction of sp³-hybridized carbons (Fsp3) is 0.500. The molecule has 2 unspecified atom stereocenters. The van der Waals surface area contributed by atoms with Crippen LogP contribution in [0, 0.1) is 0 Å². The Bertz CT molecular complexity index is 615. The lowest BCUT2D eigenvalue weighted by atomic mass is 10.0. The van der Waals surface area contributed by atoms with Gasteiger partial charge >= 0.3 is 0 Å². The molecule has 1 fully saturated rings. The number of benzene rings is 1. The first kappa shape index (κ1) is 13.7. The molecule has 0 radical (unpaired) electrons. The molecule has 0 spiro atoms. The van der Waals surface area contributed by atoms with Crippen LogP contribution in [0.4, 0.5) is 0 Å². The van der Waals surface area contributed by atoms with Gasteiger partial charge in [0.05, 0.1) is 24.8 Å². The van der Waals surface area contributed by atoms with Crippen LogP contribution < -0.4 is 10.5 Å². The first-order valence-corrected chi connectivity index (χ1v) is 7.60. The van der Waals surface area contributed by atoms with Crippen molar-refractivity contribution in [2.24, 2.45) is 5.73 Å². The van der Waals surface area contributed by atoms with Gasteiger partial charge in [-0.05, 0) is 31.4 Å². The highest BCUT2D eigenvalue weighted by Gasteiger charge is 2.36. The molecular weight excluding hydrogens is 274 g/mol. The Balaban J connectivity index is 1.75. The van der Waals surface area contributed by atoms with E-state index >= 15 is 0 Å². The van der Waals surface area contributed by atoms with Crippen LogP contribution in [0.1, 0.15) is 19.3 Å². The molecule has 1 aliphatic carbocycles. The average Bonchev–Trinajstić information content (AvgIpc) is 3.02. The second kappa shape index (κ2) is 5.27. The number of fused-ring (bicyclic) bond motifs is 1. The molecule has 0 bridgehead atoms. The van der Waals surface area contributed by atoms with E-state index in [0.29, 0.717) is 5.25 Å². The number of hydrogen-bond acceptors (Lipinski definition) is 5. The summed E-state index contributed by atoms with van der Waals surface area (Å²) in [7, 11) is 1.65. The van der Waals surface area contributed by atoms with Crippen LogP contribution in [-0.4, -0.2) is 39.6 Å². The maximum atomic E-state index is 9.31. The van der Waals surface area contributed by atoms with E-state index in [-0.39, 0.29) is 6.61 Å². The predicted octanol–water partition coefficient (Wildman–Crippen LogP) is 1.91. The molecule has 3 rings (SSSR count). The number of aliphatic hydroxyl groups is 1. The minimum absolute atomic E-state index is 0.0569. The Morgan fingerprint density at radius 2 is 2.45 bits per heavy atom. The van der Waals surface area contributed by atoms with E-state index in [9.17, 15) is 5.11 Å². The lowest BCUT2D eigenvalue weighted by molar-refractivity contribution is 0.200. The molecule has 1 aromatic heterocycles. The number of thioether (sulfide) groups is 1. The normalized spacial score (nSPS) is 26.2. The summed E-state index contributed by atoms with van der Waals surface area (Å²) in [5.41, 5.74) is 7.61. The van der Waals surface area contributed by atoms with Crippen LogP contribution >= 0.6 is 11.8 Å². The molecular formula is C14H19N3O2S. The van der Waals surface area contributed by atoms with Gasteiger partial charge in [0.15, 0.2) is 5.16 Å². The van der Waals surface area contributed by atoms with Gasteiger partial charge in [0.25, 0.3) is 0 Å². The molecule has 2 aromatic rings. The number of hydrogen-bond donors (Lipinski definition) is 3. The molecule has 20 heavy (non-hydrogen) atoms. The third-order valence-electron chi connectivity index (χ3n) is 3.86. The molecule has 2 atom stereocenters. The van der Waals surface area contributed by atoms with E-state index in [2.05, 4.69) is 9.97 Å². The van der Waals surface area contributed by atoms with Crippen molar-refractivity contribution in [3.63, 3.8) is 0 Å². The molecule has 1 aliphatic rings. The summed E-state index contributed by atoms with van der Waals surface area (Å²) in [5, 5.41) is 10.6. The van der Waals surface area contributed by atoms with E-state index in [0.717, 1.165) is 41.2 Å². The quantitative estimate of drug-likeness (QED) is 0.802. The molecule has 1 saturated carbocycles. The van der Waals surface area contributed by atoms with Crippen LogP contribution in [0.3, 0.4) is 0 Å². The highest BCUT2D eigenvalue weighted by atomic mass is 32.2. The number of methoxy groups -OCH3 is 1. The Kier molecular flexibility index (Phi) is 3.62. The molecule has 5 nitrogen and oxygen atoms in total. The van der Waals surface area contributed by atoms with E-state index in [1.54, 1.807) is 18.9 Å². The third kappa shape index (κ3) is 2.63. The van der Waals surface area contributed by atoms with Crippen LogP contribution in [0.5, 0.6) is 5.75 Å². The van der Waals surface area contributed by atoms with Gasteiger partial charge in [-0.1, -0.05) is 11.8 Å². The number of imidazole rings is 1. The van der Waals surface area contributed by atoms with Crippen molar-refractivity contribution in [3.8, 4) is 5.75 Å². The topological polar surface area (TPSA) is 84.2 Å². The van der Waals surface area contributed by atoms with Gasteiger partial charge in [-0.2, -0.15) is 0 Å². The fourth-order valence-electron chi connectivity index (χ4n) is 2.66. The second-order valence-electron chi connectivity index (χ2n) is 5.43. The second-order valence-corrected chi connectivity index (χ2v) is 6.72. The summed E-state index contributed by atoms with van der Waals surface area (Å²) in [6.45, 7) is 0.0569. The smallest absolute Gasteiger partial charge is 0.166 e. The van der Waals surface area contributed by atoms with Crippen LogP contribution in [-0.2, 0) is 0 Å². The number of aliphatic hydroxyl groups excluding tert-OH is 1. The summed E-state index contributed by atoms with van der Waals surface area (Å²) in [6, 6.07) is 5.80. The van der Waals surface area contributed by atoms with Crippen molar-refractivity contribution in [3.05, 3.63) is 18.2 Å². The molecule has 4 N–H and O–H groups in total. The number of H-pyrrole nitrogens is 1. The number of rotatable bonds is 4. The summed E-state index contributed by atoms with van der Waals surface area (Å²) < 4.78 is 5.21. The summed E-state index contributed by atoms with van der Waals surface area (Å²) >= 11 is 1.71. The molecule has 1 aromatic carbocycles. The standard InChI is InChI=1S/C14H19N3O2S/c1-19-9-2-3-11-12(6-9)17-13(16-11)20-10-4-5-14(15,7-10)8-18/h2-3,6,10,18H,4-5,7-8,15H2,1H3,(H,16,17). The van der Waals surface area contributed by atoms with E-state index in [4.69, 9.17) is 10.5 Å². The lowest BCUT2D eigenvalue weighted by Crippen LogP contribution is -2.40. The number of nitrogens with one attached hydrogen (secondary N) is 1. The summed E-state index contributed by atoms with van der Waals surface area (Å²) in [5.74, 6) is 0.819. The molecule has 1 heterocycles. The van der Waals surface area contributed by atoms with Crippen molar-refractivity contribution < 1.29 is 9.84 Å². The first-order chi connectivity index (χ1) is 9.62. The maximum absolute atomic E-state index is 9.31. The Hall–Kier alpha value is -1.24. The number of aromatic amines is 1. The van der Waals surface area contributed by atoms with Gasteiger partial charge in [-0.15, -0.1) is 0 Å². The van der Waals surface area contributed by atoms with E-state index < -0.39 is 5.54 Å².